The van der Waals surface area contributed by atoms with Crippen molar-refractivity contribution in [1.29, 1.82) is 0 Å². The van der Waals surface area contributed by atoms with Gasteiger partial charge in [0.1, 0.15) is 6.17 Å². The Balaban J connectivity index is 2.55. The van der Waals surface area contributed by atoms with E-state index in [0.29, 0.717) is 19.0 Å². The Labute approximate surface area is 74.3 Å². The zero-order valence-corrected chi connectivity index (χ0v) is 8.02. The Bertz CT molecular complexity index is 165. The van der Waals surface area contributed by atoms with E-state index in [9.17, 15) is 4.39 Å². The zero-order chi connectivity index (χ0) is 9.14. The topological polar surface area (TPSA) is 3.24 Å². The van der Waals surface area contributed by atoms with Crippen molar-refractivity contribution in [3.05, 3.63) is 12.2 Å². The molecule has 1 aliphatic heterocycles. The summed E-state index contributed by atoms with van der Waals surface area (Å²) in [7, 11) is 0. The molecule has 1 rings (SSSR count). The minimum atomic E-state index is -0.661. The predicted molar refractivity (Wildman–Crippen MR) is 50.0 cm³/mol. The Morgan fingerprint density at radius 3 is 2.83 bits per heavy atom. The van der Waals surface area contributed by atoms with Crippen molar-refractivity contribution >= 4 is 0 Å². The first-order chi connectivity index (χ1) is 5.59. The molecule has 1 unspecified atom stereocenters. The molecular formula is C10H18FN. The van der Waals surface area contributed by atoms with Gasteiger partial charge in [-0.3, -0.25) is 4.90 Å². The van der Waals surface area contributed by atoms with E-state index >= 15 is 0 Å². The highest BCUT2D eigenvalue weighted by atomic mass is 19.1. The standard InChI is InChI=1S/C10H18FN/c1-8(2)12-6-9(3)4-5-10(11)7-12/h8,10H,3-7H2,1-2H3. The third kappa shape index (κ3) is 2.59. The minimum Gasteiger partial charge on any atom is -0.294 e. The molecule has 0 spiro atoms. The van der Waals surface area contributed by atoms with Crippen LogP contribution < -0.4 is 0 Å². The molecule has 1 nitrogen and oxygen atoms in total. The molecule has 0 N–H and O–H groups in total. The molecule has 0 amide bonds. The fourth-order valence-electron chi connectivity index (χ4n) is 1.53. The Morgan fingerprint density at radius 2 is 2.25 bits per heavy atom. The molecule has 0 saturated carbocycles. The van der Waals surface area contributed by atoms with Gasteiger partial charge in [0.25, 0.3) is 0 Å². The van der Waals surface area contributed by atoms with E-state index in [4.69, 9.17) is 0 Å². The second-order valence-corrected chi connectivity index (χ2v) is 3.91. The van der Waals surface area contributed by atoms with Crippen LogP contribution in [-0.4, -0.2) is 30.2 Å². The second kappa shape index (κ2) is 4.04. The molecule has 0 aromatic heterocycles. The van der Waals surface area contributed by atoms with Crippen molar-refractivity contribution in [3.63, 3.8) is 0 Å². The van der Waals surface area contributed by atoms with Crippen molar-refractivity contribution in [2.24, 2.45) is 0 Å². The maximum Gasteiger partial charge on any atom is 0.113 e. The number of rotatable bonds is 1. The summed E-state index contributed by atoms with van der Waals surface area (Å²) >= 11 is 0. The van der Waals surface area contributed by atoms with Crippen molar-refractivity contribution in [3.8, 4) is 0 Å². The van der Waals surface area contributed by atoms with Crippen molar-refractivity contribution < 1.29 is 4.39 Å². The van der Waals surface area contributed by atoms with Gasteiger partial charge in [0.15, 0.2) is 0 Å². The number of hydrogen-bond donors (Lipinski definition) is 0. The van der Waals surface area contributed by atoms with E-state index in [2.05, 4.69) is 25.3 Å². The van der Waals surface area contributed by atoms with Gasteiger partial charge in [-0.25, -0.2) is 4.39 Å². The molecular weight excluding hydrogens is 153 g/mol. The van der Waals surface area contributed by atoms with E-state index in [1.807, 2.05) is 0 Å². The van der Waals surface area contributed by atoms with Crippen molar-refractivity contribution in [2.75, 3.05) is 13.1 Å². The van der Waals surface area contributed by atoms with E-state index in [1.165, 1.54) is 5.57 Å². The van der Waals surface area contributed by atoms with Gasteiger partial charge in [-0.15, -0.1) is 0 Å². The van der Waals surface area contributed by atoms with Crippen LogP contribution in [-0.2, 0) is 0 Å². The fraction of sp³-hybridized carbons (Fsp3) is 0.800. The predicted octanol–water partition coefficient (Wildman–Crippen LogP) is 2.38. The lowest BCUT2D eigenvalue weighted by atomic mass is 10.1. The normalized spacial score (nSPS) is 27.7. The lowest BCUT2D eigenvalue weighted by Crippen LogP contribution is -2.35. The van der Waals surface area contributed by atoms with E-state index < -0.39 is 6.17 Å². The zero-order valence-electron chi connectivity index (χ0n) is 8.02. The van der Waals surface area contributed by atoms with Crippen molar-refractivity contribution in [2.45, 2.75) is 38.9 Å². The monoisotopic (exact) mass is 171 g/mol. The Hall–Kier alpha value is -0.370. The molecule has 1 atom stereocenters. The van der Waals surface area contributed by atoms with Crippen LogP contribution in [0.2, 0.25) is 0 Å². The lowest BCUT2D eigenvalue weighted by Gasteiger charge is -2.25. The number of alkyl halides is 1. The number of halogens is 1. The summed E-state index contributed by atoms with van der Waals surface area (Å²) in [5.41, 5.74) is 1.17. The van der Waals surface area contributed by atoms with Gasteiger partial charge >= 0.3 is 0 Å². The quantitative estimate of drug-likeness (QED) is 0.547. The molecule has 0 aliphatic carbocycles. The van der Waals surface area contributed by atoms with Gasteiger partial charge in [0.2, 0.25) is 0 Å². The first kappa shape index (κ1) is 9.72. The summed E-state index contributed by atoms with van der Waals surface area (Å²) in [6, 6.07) is 0.429. The average molecular weight is 171 g/mol. The Kier molecular flexibility index (Phi) is 3.27. The number of likely N-dealkylation sites (tertiary alicyclic amines) is 1. The summed E-state index contributed by atoms with van der Waals surface area (Å²) in [5.74, 6) is 0. The minimum absolute atomic E-state index is 0.429. The van der Waals surface area contributed by atoms with Crippen LogP contribution in [0.25, 0.3) is 0 Å². The van der Waals surface area contributed by atoms with Gasteiger partial charge in [0.05, 0.1) is 0 Å². The van der Waals surface area contributed by atoms with Crippen LogP contribution >= 0.6 is 0 Å². The van der Waals surface area contributed by atoms with E-state index in [0.717, 1.165) is 13.0 Å². The summed E-state index contributed by atoms with van der Waals surface area (Å²) in [4.78, 5) is 2.15. The molecule has 1 heterocycles. The lowest BCUT2D eigenvalue weighted by molar-refractivity contribution is 0.179. The smallest absolute Gasteiger partial charge is 0.113 e. The van der Waals surface area contributed by atoms with Crippen LogP contribution in [0.5, 0.6) is 0 Å². The SMILES string of the molecule is C=C1CCC(F)CN(C(C)C)C1. The largest absolute Gasteiger partial charge is 0.294 e. The molecule has 70 valence electrons. The molecule has 1 fully saturated rings. The first-order valence-electron chi connectivity index (χ1n) is 4.64. The molecule has 0 aromatic carbocycles. The summed E-state index contributed by atoms with van der Waals surface area (Å²) in [6.45, 7) is 9.59. The highest BCUT2D eigenvalue weighted by Gasteiger charge is 2.20. The van der Waals surface area contributed by atoms with Crippen LogP contribution in [0.1, 0.15) is 26.7 Å². The molecule has 1 aliphatic rings. The van der Waals surface area contributed by atoms with Crippen LogP contribution in [0.3, 0.4) is 0 Å². The number of nitrogens with zero attached hydrogens (tertiary/aromatic N) is 1. The molecule has 0 aromatic rings. The Morgan fingerprint density at radius 1 is 1.58 bits per heavy atom. The van der Waals surface area contributed by atoms with Gasteiger partial charge in [-0.1, -0.05) is 12.2 Å². The highest BCUT2D eigenvalue weighted by Crippen LogP contribution is 2.18. The third-order valence-electron chi connectivity index (χ3n) is 2.40. The molecule has 12 heavy (non-hydrogen) atoms. The number of hydrogen-bond acceptors (Lipinski definition) is 1. The van der Waals surface area contributed by atoms with Gasteiger partial charge in [-0.2, -0.15) is 0 Å². The van der Waals surface area contributed by atoms with E-state index in [-0.39, 0.29) is 0 Å². The van der Waals surface area contributed by atoms with Gasteiger partial charge in [-0.05, 0) is 26.7 Å². The fourth-order valence-corrected chi connectivity index (χ4v) is 1.53. The summed E-state index contributed by atoms with van der Waals surface area (Å²) in [6.07, 6.45) is 0.846. The van der Waals surface area contributed by atoms with Crippen LogP contribution in [0.4, 0.5) is 4.39 Å². The van der Waals surface area contributed by atoms with Crippen LogP contribution in [0.15, 0.2) is 12.2 Å². The van der Waals surface area contributed by atoms with E-state index in [1.54, 1.807) is 0 Å². The summed E-state index contributed by atoms with van der Waals surface area (Å²) in [5, 5.41) is 0. The van der Waals surface area contributed by atoms with Gasteiger partial charge in [0, 0.05) is 19.1 Å². The molecule has 2 heteroatoms. The maximum atomic E-state index is 13.1. The summed E-state index contributed by atoms with van der Waals surface area (Å²) < 4.78 is 13.1. The maximum absolute atomic E-state index is 13.1. The molecule has 1 saturated heterocycles. The highest BCUT2D eigenvalue weighted by molar-refractivity contribution is 5.00. The molecule has 0 radical (unpaired) electrons. The second-order valence-electron chi connectivity index (χ2n) is 3.91. The van der Waals surface area contributed by atoms with Gasteiger partial charge < -0.3 is 0 Å². The third-order valence-corrected chi connectivity index (χ3v) is 2.40. The average Bonchev–Trinajstić information content (AvgIpc) is 2.13. The first-order valence-corrected chi connectivity index (χ1v) is 4.64. The van der Waals surface area contributed by atoms with Crippen LogP contribution in [0, 0.1) is 0 Å². The van der Waals surface area contributed by atoms with Crippen molar-refractivity contribution in [1.82, 2.24) is 4.90 Å². The molecule has 0 bridgehead atoms.